The minimum atomic E-state index is -0.413. The minimum Gasteiger partial charge on any atom is -0.455 e. The van der Waals surface area contributed by atoms with Gasteiger partial charge in [-0.15, -0.1) is 0 Å². The Hall–Kier alpha value is -2.60. The number of nitrogens with one attached hydrogen (secondary N) is 1. The van der Waals surface area contributed by atoms with Gasteiger partial charge >= 0.3 is 0 Å². The second-order valence-electron chi connectivity index (χ2n) is 6.47. The number of nitrogens with zero attached hydrogens (tertiary/aromatic N) is 1. The Balaban J connectivity index is 1.71. The largest absolute Gasteiger partial charge is 0.455 e. The lowest BCUT2D eigenvalue weighted by Crippen LogP contribution is -2.40. The van der Waals surface area contributed by atoms with Crippen LogP contribution in [0.3, 0.4) is 0 Å². The van der Waals surface area contributed by atoms with Crippen molar-refractivity contribution in [3.05, 3.63) is 53.3 Å². The average molecular weight is 391 g/mol. The standard InChI is InChI=1S/C20H20ClFN2O3/c1-13(25)24-9-7-14(8-10-24)20(26)23-18-11-15(21)5-6-19(18)27-17-4-2-3-16(22)12-17/h2-6,11-12,14H,7-10H2,1H3,(H,23,26). The van der Waals surface area contributed by atoms with Gasteiger partial charge in [0.25, 0.3) is 0 Å². The van der Waals surface area contributed by atoms with E-state index in [9.17, 15) is 14.0 Å². The van der Waals surface area contributed by atoms with E-state index < -0.39 is 5.82 Å². The smallest absolute Gasteiger partial charge is 0.227 e. The number of ether oxygens (including phenoxy) is 1. The molecule has 0 radical (unpaired) electrons. The summed E-state index contributed by atoms with van der Waals surface area (Å²) in [5.74, 6) is -0.0352. The zero-order valence-corrected chi connectivity index (χ0v) is 15.6. The SMILES string of the molecule is CC(=O)N1CCC(C(=O)Nc2cc(Cl)ccc2Oc2cccc(F)c2)CC1. The van der Waals surface area contributed by atoms with Gasteiger partial charge in [0, 0.05) is 37.0 Å². The molecule has 27 heavy (non-hydrogen) atoms. The molecule has 0 aliphatic carbocycles. The highest BCUT2D eigenvalue weighted by Gasteiger charge is 2.26. The molecule has 0 aromatic heterocycles. The molecular weight excluding hydrogens is 371 g/mol. The van der Waals surface area contributed by atoms with E-state index in [0.717, 1.165) is 0 Å². The zero-order valence-electron chi connectivity index (χ0n) is 14.9. The summed E-state index contributed by atoms with van der Waals surface area (Å²) in [7, 11) is 0. The van der Waals surface area contributed by atoms with E-state index in [1.54, 1.807) is 35.2 Å². The Labute approximate surface area is 162 Å². The zero-order chi connectivity index (χ0) is 19.4. The van der Waals surface area contributed by atoms with Crippen LogP contribution >= 0.6 is 11.6 Å². The van der Waals surface area contributed by atoms with Crippen LogP contribution in [-0.4, -0.2) is 29.8 Å². The van der Waals surface area contributed by atoms with E-state index in [-0.39, 0.29) is 17.7 Å². The van der Waals surface area contributed by atoms with Gasteiger partial charge in [0.05, 0.1) is 5.69 Å². The lowest BCUT2D eigenvalue weighted by molar-refractivity contribution is -0.132. The number of rotatable bonds is 4. The van der Waals surface area contributed by atoms with E-state index in [2.05, 4.69) is 5.32 Å². The Kier molecular flexibility index (Phi) is 5.96. The minimum absolute atomic E-state index is 0.0227. The van der Waals surface area contributed by atoms with Crippen LogP contribution in [0.4, 0.5) is 10.1 Å². The molecule has 5 nitrogen and oxygen atoms in total. The summed E-state index contributed by atoms with van der Waals surface area (Å²) in [5, 5.41) is 3.30. The number of amides is 2. The monoisotopic (exact) mass is 390 g/mol. The van der Waals surface area contributed by atoms with E-state index >= 15 is 0 Å². The maximum atomic E-state index is 13.4. The van der Waals surface area contributed by atoms with Crippen molar-refractivity contribution in [3.8, 4) is 11.5 Å². The summed E-state index contributed by atoms with van der Waals surface area (Å²) in [4.78, 5) is 25.8. The molecule has 1 aliphatic heterocycles. The number of piperidine rings is 1. The highest BCUT2D eigenvalue weighted by atomic mass is 35.5. The molecule has 0 atom stereocenters. The highest BCUT2D eigenvalue weighted by molar-refractivity contribution is 6.31. The lowest BCUT2D eigenvalue weighted by Gasteiger charge is -2.30. The van der Waals surface area contributed by atoms with Crippen LogP contribution in [0.15, 0.2) is 42.5 Å². The van der Waals surface area contributed by atoms with Gasteiger partial charge in [-0.05, 0) is 43.2 Å². The van der Waals surface area contributed by atoms with Crippen LogP contribution in [0, 0.1) is 11.7 Å². The topological polar surface area (TPSA) is 58.6 Å². The van der Waals surface area contributed by atoms with Gasteiger partial charge < -0.3 is 15.0 Å². The van der Waals surface area contributed by atoms with Gasteiger partial charge in [0.1, 0.15) is 11.6 Å². The second kappa shape index (κ2) is 8.39. The molecule has 142 valence electrons. The first-order chi connectivity index (χ1) is 12.9. The molecular formula is C20H20ClFN2O3. The van der Waals surface area contributed by atoms with E-state index in [1.165, 1.54) is 19.1 Å². The third-order valence-corrected chi connectivity index (χ3v) is 4.77. The van der Waals surface area contributed by atoms with Crippen LogP contribution in [0.1, 0.15) is 19.8 Å². The molecule has 0 spiro atoms. The third kappa shape index (κ3) is 4.98. The first-order valence-corrected chi connectivity index (χ1v) is 9.09. The number of hydrogen-bond acceptors (Lipinski definition) is 3. The fourth-order valence-electron chi connectivity index (χ4n) is 3.04. The van der Waals surface area contributed by atoms with Crippen LogP contribution in [0.5, 0.6) is 11.5 Å². The van der Waals surface area contributed by atoms with Gasteiger partial charge in [-0.2, -0.15) is 0 Å². The van der Waals surface area contributed by atoms with E-state index in [0.29, 0.717) is 48.1 Å². The maximum Gasteiger partial charge on any atom is 0.227 e. The van der Waals surface area contributed by atoms with E-state index in [4.69, 9.17) is 16.3 Å². The quantitative estimate of drug-likeness (QED) is 0.838. The van der Waals surface area contributed by atoms with Crippen molar-refractivity contribution in [3.63, 3.8) is 0 Å². The molecule has 7 heteroatoms. The number of likely N-dealkylation sites (tertiary alicyclic amines) is 1. The maximum absolute atomic E-state index is 13.4. The van der Waals surface area contributed by atoms with Crippen molar-refractivity contribution in [1.82, 2.24) is 4.90 Å². The summed E-state index contributed by atoms with van der Waals surface area (Å²) in [6.07, 6.45) is 1.21. The Morgan fingerprint density at radius 3 is 2.59 bits per heavy atom. The normalized spacial score (nSPS) is 14.7. The van der Waals surface area contributed by atoms with Crippen LogP contribution < -0.4 is 10.1 Å². The molecule has 2 aromatic carbocycles. The third-order valence-electron chi connectivity index (χ3n) is 4.53. The van der Waals surface area contributed by atoms with Gasteiger partial charge in [0.15, 0.2) is 5.75 Å². The molecule has 0 bridgehead atoms. The number of anilines is 1. The van der Waals surface area contributed by atoms with Crippen molar-refractivity contribution in [1.29, 1.82) is 0 Å². The number of carbonyl (C=O) groups is 2. The summed E-state index contributed by atoms with van der Waals surface area (Å²) in [6.45, 7) is 2.66. The van der Waals surface area contributed by atoms with Crippen molar-refractivity contribution < 1.29 is 18.7 Å². The Morgan fingerprint density at radius 1 is 1.19 bits per heavy atom. The highest BCUT2D eigenvalue weighted by Crippen LogP contribution is 2.33. The molecule has 1 fully saturated rings. The molecule has 2 amide bonds. The Bertz CT molecular complexity index is 851. The molecule has 0 saturated carbocycles. The first-order valence-electron chi connectivity index (χ1n) is 8.72. The van der Waals surface area contributed by atoms with Gasteiger partial charge in [0.2, 0.25) is 11.8 Å². The molecule has 3 rings (SSSR count). The number of halogens is 2. The summed E-state index contributed by atoms with van der Waals surface area (Å²) < 4.78 is 19.1. The lowest BCUT2D eigenvalue weighted by atomic mass is 9.96. The fourth-order valence-corrected chi connectivity index (χ4v) is 3.21. The predicted molar refractivity (Wildman–Crippen MR) is 102 cm³/mol. The molecule has 1 heterocycles. The number of benzene rings is 2. The summed E-state index contributed by atoms with van der Waals surface area (Å²) in [6, 6.07) is 10.6. The van der Waals surface area contributed by atoms with Crippen LogP contribution in [0.25, 0.3) is 0 Å². The fraction of sp³-hybridized carbons (Fsp3) is 0.300. The molecule has 1 saturated heterocycles. The molecule has 1 aliphatic rings. The summed E-state index contributed by atoms with van der Waals surface area (Å²) >= 11 is 6.06. The number of hydrogen-bond donors (Lipinski definition) is 1. The molecule has 0 unspecified atom stereocenters. The van der Waals surface area contributed by atoms with Gasteiger partial charge in [-0.3, -0.25) is 9.59 Å². The summed E-state index contributed by atoms with van der Waals surface area (Å²) in [5.41, 5.74) is 0.422. The average Bonchev–Trinajstić information content (AvgIpc) is 2.64. The number of carbonyl (C=O) groups excluding carboxylic acids is 2. The Morgan fingerprint density at radius 2 is 1.93 bits per heavy atom. The molecule has 1 N–H and O–H groups in total. The molecule has 2 aromatic rings. The van der Waals surface area contributed by atoms with Gasteiger partial charge in [-0.1, -0.05) is 17.7 Å². The van der Waals surface area contributed by atoms with Crippen LogP contribution in [0.2, 0.25) is 5.02 Å². The van der Waals surface area contributed by atoms with Crippen LogP contribution in [-0.2, 0) is 9.59 Å². The predicted octanol–water partition coefficient (Wildman–Crippen LogP) is 4.47. The van der Waals surface area contributed by atoms with Crippen molar-refractivity contribution >= 4 is 29.1 Å². The second-order valence-corrected chi connectivity index (χ2v) is 6.91. The van der Waals surface area contributed by atoms with E-state index in [1.807, 2.05) is 0 Å². The van der Waals surface area contributed by atoms with Crippen molar-refractivity contribution in [2.45, 2.75) is 19.8 Å². The van der Waals surface area contributed by atoms with Gasteiger partial charge in [-0.25, -0.2) is 4.39 Å². The van der Waals surface area contributed by atoms with Crippen molar-refractivity contribution in [2.75, 3.05) is 18.4 Å². The first kappa shape index (κ1) is 19.2. The van der Waals surface area contributed by atoms with Crippen molar-refractivity contribution in [2.24, 2.45) is 5.92 Å².